The molecule has 2 aromatic carbocycles. The third kappa shape index (κ3) is 4.33. The van der Waals surface area contributed by atoms with Gasteiger partial charge >= 0.3 is 6.03 Å². The lowest BCUT2D eigenvalue weighted by atomic mass is 9.80. The van der Waals surface area contributed by atoms with Crippen molar-refractivity contribution in [2.45, 2.75) is 37.1 Å². The topological polar surface area (TPSA) is 111 Å². The number of rotatable bonds is 4. The van der Waals surface area contributed by atoms with Crippen LogP contribution in [-0.2, 0) is 9.59 Å². The summed E-state index contributed by atoms with van der Waals surface area (Å²) in [7, 11) is 1.60. The van der Waals surface area contributed by atoms with Crippen molar-refractivity contribution in [1.29, 1.82) is 5.26 Å². The predicted octanol–water partition coefficient (Wildman–Crippen LogP) is 4.39. The van der Waals surface area contributed by atoms with E-state index in [0.29, 0.717) is 28.1 Å². The normalized spacial score (nSPS) is 27.3. The second kappa shape index (κ2) is 10.2. The standard InChI is InChI=1S/C28H29Cl2N5O3/c1-33-27(38)35(23-11-21(29)10-22(30)12-23)26(37)28(33)16-34(25(36)20-8-4-18(14-32)5-9-20)15-24(28)19-6-2-17(13-31)3-7-19/h2-3,6-7,10-12,18,20,24H,4-5,8-9,14-16,32H2,1H3/t18?,20?,24-,28?/m0/s1. The molecule has 4 amide bonds. The molecule has 10 heteroatoms. The van der Waals surface area contributed by atoms with Gasteiger partial charge in [0.25, 0.3) is 5.91 Å². The van der Waals surface area contributed by atoms with Crippen LogP contribution < -0.4 is 10.6 Å². The first-order valence-electron chi connectivity index (χ1n) is 12.8. The largest absolute Gasteiger partial charge is 0.339 e. The van der Waals surface area contributed by atoms with Crippen molar-refractivity contribution < 1.29 is 14.4 Å². The number of halogens is 2. The smallest absolute Gasteiger partial charge is 0.332 e. The lowest BCUT2D eigenvalue weighted by Crippen LogP contribution is -2.54. The van der Waals surface area contributed by atoms with Crippen LogP contribution in [0.1, 0.15) is 42.7 Å². The molecule has 1 spiro atoms. The first kappa shape index (κ1) is 26.5. The maximum atomic E-state index is 14.3. The molecule has 2 saturated heterocycles. The van der Waals surface area contributed by atoms with Gasteiger partial charge in [0.1, 0.15) is 5.54 Å². The van der Waals surface area contributed by atoms with E-state index in [2.05, 4.69) is 6.07 Å². The summed E-state index contributed by atoms with van der Waals surface area (Å²) in [5.74, 6) is -0.599. The number of urea groups is 1. The number of hydrogen-bond acceptors (Lipinski definition) is 5. The van der Waals surface area contributed by atoms with Gasteiger partial charge in [-0.05, 0) is 74.0 Å². The number of nitriles is 1. The quantitative estimate of drug-likeness (QED) is 0.564. The number of likely N-dealkylation sites (tertiary alicyclic amines) is 1. The Morgan fingerprint density at radius 3 is 2.29 bits per heavy atom. The molecule has 5 rings (SSSR count). The third-order valence-corrected chi connectivity index (χ3v) is 8.89. The van der Waals surface area contributed by atoms with Crippen molar-refractivity contribution in [3.63, 3.8) is 0 Å². The first-order chi connectivity index (χ1) is 18.2. The Labute approximate surface area is 231 Å². The molecule has 2 N–H and O–H groups in total. The fraction of sp³-hybridized carbons (Fsp3) is 0.429. The van der Waals surface area contributed by atoms with Crippen LogP contribution in [0.25, 0.3) is 0 Å². The number of hydrogen-bond donors (Lipinski definition) is 1. The van der Waals surface area contributed by atoms with Gasteiger partial charge in [-0.25, -0.2) is 9.69 Å². The minimum Gasteiger partial charge on any atom is -0.339 e. The predicted molar refractivity (Wildman–Crippen MR) is 145 cm³/mol. The number of nitrogens with zero attached hydrogens (tertiary/aromatic N) is 4. The monoisotopic (exact) mass is 553 g/mol. The minimum absolute atomic E-state index is 0.00823. The Hall–Kier alpha value is -3.12. The van der Waals surface area contributed by atoms with E-state index >= 15 is 0 Å². The summed E-state index contributed by atoms with van der Waals surface area (Å²) in [6.45, 7) is 0.994. The van der Waals surface area contributed by atoms with Crippen molar-refractivity contribution in [2.24, 2.45) is 17.6 Å². The lowest BCUT2D eigenvalue weighted by molar-refractivity contribution is -0.136. The molecular weight excluding hydrogens is 525 g/mol. The number of carbonyl (C=O) groups is 3. The van der Waals surface area contributed by atoms with E-state index in [9.17, 15) is 19.6 Å². The molecule has 2 heterocycles. The van der Waals surface area contributed by atoms with Gasteiger partial charge in [-0.2, -0.15) is 5.26 Å². The van der Waals surface area contributed by atoms with Crippen molar-refractivity contribution in [3.8, 4) is 6.07 Å². The second-order valence-electron chi connectivity index (χ2n) is 10.5. The molecule has 2 aliphatic heterocycles. The van der Waals surface area contributed by atoms with Crippen molar-refractivity contribution in [2.75, 3.05) is 31.6 Å². The van der Waals surface area contributed by atoms with Gasteiger partial charge < -0.3 is 15.5 Å². The zero-order valence-corrected chi connectivity index (χ0v) is 22.6. The Balaban J connectivity index is 1.53. The van der Waals surface area contributed by atoms with Crippen LogP contribution >= 0.6 is 23.2 Å². The molecular formula is C28H29Cl2N5O3. The van der Waals surface area contributed by atoms with Crippen LogP contribution in [0.4, 0.5) is 10.5 Å². The molecule has 2 aromatic rings. The van der Waals surface area contributed by atoms with E-state index in [-0.39, 0.29) is 30.6 Å². The van der Waals surface area contributed by atoms with Crippen molar-refractivity contribution in [3.05, 3.63) is 63.6 Å². The van der Waals surface area contributed by atoms with Gasteiger partial charge in [0, 0.05) is 35.5 Å². The van der Waals surface area contributed by atoms with Crippen LogP contribution in [0.2, 0.25) is 10.0 Å². The van der Waals surface area contributed by atoms with Crippen LogP contribution in [0.5, 0.6) is 0 Å². The van der Waals surface area contributed by atoms with Crippen molar-refractivity contribution in [1.82, 2.24) is 9.80 Å². The van der Waals surface area contributed by atoms with Gasteiger partial charge in [-0.3, -0.25) is 9.59 Å². The maximum absolute atomic E-state index is 14.3. The summed E-state index contributed by atoms with van der Waals surface area (Å²) >= 11 is 12.4. The average Bonchev–Trinajstić information content (AvgIpc) is 3.41. The number of nitrogens with two attached hydrogens (primary N) is 1. The van der Waals surface area contributed by atoms with Crippen LogP contribution in [0.3, 0.4) is 0 Å². The molecule has 0 bridgehead atoms. The van der Waals surface area contributed by atoms with E-state index in [1.807, 2.05) is 0 Å². The van der Waals surface area contributed by atoms with Gasteiger partial charge in [0.2, 0.25) is 5.91 Å². The summed E-state index contributed by atoms with van der Waals surface area (Å²) in [5, 5.41) is 9.88. The Morgan fingerprint density at radius 1 is 1.08 bits per heavy atom. The zero-order valence-electron chi connectivity index (χ0n) is 21.1. The minimum atomic E-state index is -1.32. The molecule has 1 saturated carbocycles. The molecule has 8 nitrogen and oxygen atoms in total. The molecule has 1 aliphatic carbocycles. The Bertz CT molecular complexity index is 1300. The van der Waals surface area contributed by atoms with Gasteiger partial charge in [0.15, 0.2) is 0 Å². The molecule has 0 radical (unpaired) electrons. The van der Waals surface area contributed by atoms with E-state index in [1.54, 1.807) is 36.2 Å². The number of imide groups is 1. The maximum Gasteiger partial charge on any atom is 0.332 e. The van der Waals surface area contributed by atoms with Crippen LogP contribution in [0.15, 0.2) is 42.5 Å². The van der Waals surface area contributed by atoms with E-state index in [1.165, 1.54) is 23.1 Å². The Morgan fingerprint density at radius 2 is 1.71 bits per heavy atom. The van der Waals surface area contributed by atoms with E-state index < -0.39 is 23.4 Å². The molecule has 3 fully saturated rings. The molecule has 198 valence electrons. The lowest BCUT2D eigenvalue weighted by Gasteiger charge is -2.34. The summed E-state index contributed by atoms with van der Waals surface area (Å²) in [4.78, 5) is 45.9. The average molecular weight is 554 g/mol. The number of likely N-dealkylation sites (N-methyl/N-ethyl adjacent to an activating group) is 1. The SMILES string of the molecule is CN1C(=O)N(c2cc(Cl)cc(Cl)c2)C(=O)C12CN(C(=O)C1CCC(CN)CC1)C[C@H]2c1ccc(C#N)cc1. The number of amides is 4. The molecule has 3 aliphatic rings. The number of carbonyl (C=O) groups excluding carboxylic acids is 3. The van der Waals surface area contributed by atoms with E-state index in [4.69, 9.17) is 28.9 Å². The zero-order chi connectivity index (χ0) is 27.2. The third-order valence-electron chi connectivity index (χ3n) is 8.45. The molecule has 1 unspecified atom stereocenters. The fourth-order valence-corrected chi connectivity index (χ4v) is 6.79. The Kier molecular flexibility index (Phi) is 7.12. The first-order valence-corrected chi connectivity index (χ1v) is 13.5. The van der Waals surface area contributed by atoms with Crippen LogP contribution in [0, 0.1) is 23.2 Å². The summed E-state index contributed by atoms with van der Waals surface area (Å²) in [6, 6.07) is 13.2. The van der Waals surface area contributed by atoms with Crippen LogP contribution in [-0.4, -0.2) is 59.9 Å². The highest BCUT2D eigenvalue weighted by molar-refractivity contribution is 6.35. The van der Waals surface area contributed by atoms with Gasteiger partial charge in [0.05, 0.1) is 23.9 Å². The number of anilines is 1. The van der Waals surface area contributed by atoms with Crippen molar-refractivity contribution >= 4 is 46.7 Å². The molecule has 38 heavy (non-hydrogen) atoms. The van der Waals surface area contributed by atoms with Gasteiger partial charge in [-0.15, -0.1) is 0 Å². The number of benzene rings is 2. The highest BCUT2D eigenvalue weighted by Gasteiger charge is 2.65. The highest BCUT2D eigenvalue weighted by atomic mass is 35.5. The fourth-order valence-electron chi connectivity index (χ4n) is 6.28. The summed E-state index contributed by atoms with van der Waals surface area (Å²) in [5.41, 5.74) is 6.08. The molecule has 0 aromatic heterocycles. The molecule has 2 atom stereocenters. The second-order valence-corrected chi connectivity index (χ2v) is 11.4. The highest BCUT2D eigenvalue weighted by Crippen LogP contribution is 2.47. The van der Waals surface area contributed by atoms with Gasteiger partial charge in [-0.1, -0.05) is 35.3 Å². The summed E-state index contributed by atoms with van der Waals surface area (Å²) in [6.07, 6.45) is 3.35. The summed E-state index contributed by atoms with van der Waals surface area (Å²) < 4.78 is 0. The van der Waals surface area contributed by atoms with E-state index in [0.717, 1.165) is 36.1 Å².